The molecule has 0 heterocycles. The van der Waals surface area contributed by atoms with Gasteiger partial charge in [-0.05, 0) is 97.7 Å². The van der Waals surface area contributed by atoms with Crippen molar-refractivity contribution in [2.75, 3.05) is 0 Å². The lowest BCUT2D eigenvalue weighted by Gasteiger charge is -2.58. The van der Waals surface area contributed by atoms with Gasteiger partial charge in [0.15, 0.2) is 0 Å². The average molecular weight is 467 g/mol. The molecule has 4 aliphatic carbocycles. The Morgan fingerprint density at radius 2 is 1.81 bits per heavy atom. The van der Waals surface area contributed by atoms with Crippen molar-refractivity contribution in [2.24, 2.45) is 46.3 Å². The summed E-state index contributed by atoms with van der Waals surface area (Å²) in [4.78, 5) is 0. The van der Waals surface area contributed by atoms with Crippen LogP contribution in [0.3, 0.4) is 0 Å². The summed E-state index contributed by atoms with van der Waals surface area (Å²) in [5, 5.41) is 0. The van der Waals surface area contributed by atoms with Gasteiger partial charge in [-0.25, -0.2) is 4.18 Å². The topological polar surface area (TPSA) is 63.6 Å². The van der Waals surface area contributed by atoms with Crippen molar-refractivity contribution in [3.63, 3.8) is 0 Å². The van der Waals surface area contributed by atoms with E-state index in [-0.39, 0.29) is 5.41 Å². The lowest BCUT2D eigenvalue weighted by Crippen LogP contribution is -2.51. The van der Waals surface area contributed by atoms with E-state index in [1.807, 2.05) is 0 Å². The normalized spacial score (nSPS) is 42.7. The van der Waals surface area contributed by atoms with Crippen molar-refractivity contribution in [3.8, 4) is 0 Å². The van der Waals surface area contributed by atoms with E-state index in [1.54, 1.807) is 0 Å². The molecule has 3 fully saturated rings. The molecule has 0 bridgehead atoms. The number of rotatable bonds is 7. The van der Waals surface area contributed by atoms with Gasteiger partial charge < -0.3 is 0 Å². The first-order chi connectivity index (χ1) is 14.9. The zero-order valence-corrected chi connectivity index (χ0v) is 21.8. The summed E-state index contributed by atoms with van der Waals surface area (Å²) >= 11 is 0. The molecule has 4 nitrogen and oxygen atoms in total. The highest BCUT2D eigenvalue weighted by Crippen LogP contribution is 2.67. The summed E-state index contributed by atoms with van der Waals surface area (Å²) in [6.45, 7) is 12.3. The second-order valence-corrected chi connectivity index (χ2v) is 13.7. The van der Waals surface area contributed by atoms with Crippen molar-refractivity contribution in [1.29, 1.82) is 0 Å². The number of allylic oxidation sites excluding steroid dienone is 1. The second kappa shape index (κ2) is 9.00. The van der Waals surface area contributed by atoms with Crippen LogP contribution in [0, 0.1) is 46.3 Å². The zero-order chi connectivity index (χ0) is 23.3. The number of fused-ring (bicyclic) bond motifs is 5. The Kier molecular flexibility index (Phi) is 6.95. The SMILES string of the molecule is CC(C)CCC[C@H](C)[C@H]1CC[C@H]2[C@@H]3CC=C4C[C@H](OS(=O)(=O)O)CC[C@]4(C)[C@H]3CC[C@]12C. The monoisotopic (exact) mass is 466 g/mol. The maximum absolute atomic E-state index is 11.2. The van der Waals surface area contributed by atoms with Crippen molar-refractivity contribution >= 4 is 10.4 Å². The van der Waals surface area contributed by atoms with Crippen LogP contribution in [0.5, 0.6) is 0 Å². The molecular weight excluding hydrogens is 420 g/mol. The summed E-state index contributed by atoms with van der Waals surface area (Å²) in [6, 6.07) is 0. The van der Waals surface area contributed by atoms with E-state index in [1.165, 1.54) is 50.5 Å². The fourth-order valence-corrected chi connectivity index (χ4v) is 9.41. The van der Waals surface area contributed by atoms with Crippen molar-refractivity contribution in [2.45, 2.75) is 111 Å². The molecule has 8 atom stereocenters. The lowest BCUT2D eigenvalue weighted by molar-refractivity contribution is -0.0560. The third-order valence-corrected chi connectivity index (χ3v) is 11.0. The van der Waals surface area contributed by atoms with E-state index in [0.29, 0.717) is 24.2 Å². The van der Waals surface area contributed by atoms with Crippen LogP contribution < -0.4 is 0 Å². The van der Waals surface area contributed by atoms with Crippen LogP contribution in [-0.4, -0.2) is 19.1 Å². The molecule has 4 rings (SSSR count). The van der Waals surface area contributed by atoms with Gasteiger partial charge in [0.2, 0.25) is 0 Å². The Bertz CT molecular complexity index is 818. The summed E-state index contributed by atoms with van der Waals surface area (Å²) < 4.78 is 36.6. The third-order valence-electron chi connectivity index (χ3n) is 10.5. The molecule has 32 heavy (non-hydrogen) atoms. The largest absolute Gasteiger partial charge is 0.397 e. The smallest absolute Gasteiger partial charge is 0.264 e. The van der Waals surface area contributed by atoms with Gasteiger partial charge in [-0.15, -0.1) is 0 Å². The fraction of sp³-hybridized carbons (Fsp3) is 0.926. The minimum atomic E-state index is -4.38. The van der Waals surface area contributed by atoms with E-state index < -0.39 is 16.5 Å². The summed E-state index contributed by atoms with van der Waals surface area (Å²) in [6.07, 6.45) is 15.1. The highest BCUT2D eigenvalue weighted by Gasteiger charge is 2.59. The molecular formula is C27H46O4S. The summed E-state index contributed by atoms with van der Waals surface area (Å²) in [5.74, 6) is 4.83. The van der Waals surface area contributed by atoms with Crippen LogP contribution in [0.15, 0.2) is 11.6 Å². The van der Waals surface area contributed by atoms with Crippen LogP contribution >= 0.6 is 0 Å². The van der Waals surface area contributed by atoms with Crippen LogP contribution in [0.25, 0.3) is 0 Å². The second-order valence-electron chi connectivity index (χ2n) is 12.7. The Hall–Kier alpha value is -0.390. The molecule has 0 unspecified atom stereocenters. The molecule has 3 saturated carbocycles. The molecule has 184 valence electrons. The third kappa shape index (κ3) is 4.60. The molecule has 0 spiro atoms. The van der Waals surface area contributed by atoms with Crippen molar-refractivity contribution < 1.29 is 17.2 Å². The molecule has 0 saturated heterocycles. The first-order valence-corrected chi connectivity index (χ1v) is 14.7. The van der Waals surface area contributed by atoms with Gasteiger partial charge in [0.25, 0.3) is 0 Å². The lowest BCUT2D eigenvalue weighted by atomic mass is 9.47. The molecule has 0 aromatic rings. The van der Waals surface area contributed by atoms with Gasteiger partial charge >= 0.3 is 10.4 Å². The quantitative estimate of drug-likeness (QED) is 0.318. The minimum absolute atomic E-state index is 0.171. The van der Waals surface area contributed by atoms with Crippen molar-refractivity contribution in [1.82, 2.24) is 0 Å². The maximum Gasteiger partial charge on any atom is 0.397 e. The predicted octanol–water partition coefficient (Wildman–Crippen LogP) is 7.22. The van der Waals surface area contributed by atoms with E-state index in [9.17, 15) is 8.42 Å². The van der Waals surface area contributed by atoms with E-state index in [2.05, 4.69) is 40.7 Å². The average Bonchev–Trinajstić information content (AvgIpc) is 3.04. The molecule has 5 heteroatoms. The molecule has 0 amide bonds. The molecule has 0 aromatic heterocycles. The van der Waals surface area contributed by atoms with Crippen LogP contribution in [0.4, 0.5) is 0 Å². The van der Waals surface area contributed by atoms with Crippen LogP contribution in [0.1, 0.15) is 105 Å². The highest BCUT2D eigenvalue weighted by atomic mass is 32.3. The van der Waals surface area contributed by atoms with Gasteiger partial charge in [-0.2, -0.15) is 8.42 Å². The first kappa shape index (κ1) is 24.7. The van der Waals surface area contributed by atoms with Gasteiger partial charge in [0.05, 0.1) is 6.10 Å². The minimum Gasteiger partial charge on any atom is -0.264 e. The fourth-order valence-electron chi connectivity index (χ4n) is 8.91. The van der Waals surface area contributed by atoms with Crippen LogP contribution in [0.2, 0.25) is 0 Å². The predicted molar refractivity (Wildman–Crippen MR) is 129 cm³/mol. The van der Waals surface area contributed by atoms with E-state index in [4.69, 9.17) is 8.74 Å². The molecule has 0 aromatic carbocycles. The Balaban J connectivity index is 1.47. The molecule has 4 aliphatic rings. The summed E-state index contributed by atoms with van der Waals surface area (Å²) in [7, 11) is -4.38. The van der Waals surface area contributed by atoms with E-state index in [0.717, 1.165) is 42.4 Å². The van der Waals surface area contributed by atoms with Crippen LogP contribution in [-0.2, 0) is 14.6 Å². The summed E-state index contributed by atoms with van der Waals surface area (Å²) in [5.41, 5.74) is 2.05. The molecule has 0 radical (unpaired) electrons. The van der Waals surface area contributed by atoms with Gasteiger partial charge in [-0.3, -0.25) is 4.55 Å². The van der Waals surface area contributed by atoms with Crippen molar-refractivity contribution in [3.05, 3.63) is 11.6 Å². The van der Waals surface area contributed by atoms with Gasteiger partial charge in [-0.1, -0.05) is 65.5 Å². The van der Waals surface area contributed by atoms with Gasteiger partial charge in [0, 0.05) is 0 Å². The standard InChI is InChI=1S/C27H46O4S/c1-18(2)7-6-8-19(3)23-11-12-24-22-10-9-20-17-21(31-32(28,29)30)13-15-26(20,4)25(22)14-16-27(23,24)5/h9,18-19,21-25H,6-8,10-17H2,1-5H3,(H,28,29,30)/t19-,21+,22-,23+,24-,25-,26-,27+/m0/s1. The Labute approximate surface area is 196 Å². The zero-order valence-electron chi connectivity index (χ0n) is 21.0. The number of hydrogen-bond acceptors (Lipinski definition) is 3. The van der Waals surface area contributed by atoms with Gasteiger partial charge in [0.1, 0.15) is 0 Å². The highest BCUT2D eigenvalue weighted by molar-refractivity contribution is 7.80. The maximum atomic E-state index is 11.2. The number of hydrogen-bond donors (Lipinski definition) is 1. The molecule has 0 aliphatic heterocycles. The molecule has 1 N–H and O–H groups in total. The Morgan fingerprint density at radius 3 is 2.50 bits per heavy atom. The van der Waals surface area contributed by atoms with E-state index >= 15 is 0 Å². The first-order valence-electron chi connectivity index (χ1n) is 13.3. The Morgan fingerprint density at radius 1 is 1.06 bits per heavy atom.